The van der Waals surface area contributed by atoms with Crippen molar-refractivity contribution >= 4 is 17.6 Å². The van der Waals surface area contributed by atoms with E-state index in [-0.39, 0.29) is 11.6 Å². The lowest BCUT2D eigenvalue weighted by Gasteiger charge is -2.05. The number of nitrogens with zero attached hydrogens (tertiary/aromatic N) is 2. The zero-order valence-electron chi connectivity index (χ0n) is 7.48. The summed E-state index contributed by atoms with van der Waals surface area (Å²) in [5.74, 6) is -1.48. The number of aromatic nitrogens is 2. The Balaban J connectivity index is 2.78. The smallest absolute Gasteiger partial charge is 0.306 e. The number of hydrogen-bond donors (Lipinski definition) is 1. The molecule has 0 aliphatic heterocycles. The van der Waals surface area contributed by atoms with E-state index in [0.29, 0.717) is 10.4 Å². The third kappa shape index (κ3) is 2.56. The molecule has 0 amide bonds. The molecule has 0 fully saturated rings. The van der Waals surface area contributed by atoms with E-state index in [1.54, 1.807) is 6.92 Å². The number of carboxylic acid groups (broad SMARTS) is 1. The fraction of sp³-hybridized carbons (Fsp3) is 0.375. The number of halogens is 1. The van der Waals surface area contributed by atoms with E-state index in [1.807, 2.05) is 0 Å². The minimum Gasteiger partial charge on any atom is -0.618 e. The van der Waals surface area contributed by atoms with Crippen molar-refractivity contribution in [1.82, 2.24) is 4.98 Å². The van der Waals surface area contributed by atoms with Crippen LogP contribution >= 0.6 is 11.6 Å². The predicted molar refractivity (Wildman–Crippen MR) is 48.7 cm³/mol. The molecule has 76 valence electrons. The number of carbonyl (C=O) groups is 1. The van der Waals surface area contributed by atoms with Crippen LogP contribution in [-0.2, 0) is 11.2 Å². The van der Waals surface area contributed by atoms with Gasteiger partial charge in [-0.05, 0) is 11.6 Å². The average Bonchev–Trinajstić information content (AvgIpc) is 2.11. The molecule has 1 atom stereocenters. The first-order chi connectivity index (χ1) is 6.50. The number of carboxylic acids is 1. The Bertz CT molecular complexity index is 356. The largest absolute Gasteiger partial charge is 0.618 e. The molecule has 14 heavy (non-hydrogen) atoms. The van der Waals surface area contributed by atoms with E-state index in [9.17, 15) is 10.0 Å². The van der Waals surface area contributed by atoms with Gasteiger partial charge in [0.05, 0.1) is 5.92 Å². The third-order valence-electron chi connectivity index (χ3n) is 1.75. The first-order valence-electron chi connectivity index (χ1n) is 3.97. The maximum atomic E-state index is 11.0. The van der Waals surface area contributed by atoms with Crippen molar-refractivity contribution in [1.29, 1.82) is 0 Å². The third-order valence-corrected chi connectivity index (χ3v) is 2.01. The quantitative estimate of drug-likeness (QED) is 0.594. The van der Waals surface area contributed by atoms with Gasteiger partial charge in [0.2, 0.25) is 6.20 Å². The van der Waals surface area contributed by atoms with Crippen LogP contribution in [0, 0.1) is 11.1 Å². The second-order valence-corrected chi connectivity index (χ2v) is 3.36. The first-order valence-corrected chi connectivity index (χ1v) is 4.35. The molecule has 1 heterocycles. The summed E-state index contributed by atoms with van der Waals surface area (Å²) < 4.78 is 0.457. The summed E-state index contributed by atoms with van der Waals surface area (Å²) in [5.41, 5.74) is 0.416. The van der Waals surface area contributed by atoms with Gasteiger partial charge in [0.1, 0.15) is 11.9 Å². The lowest BCUT2D eigenvalue weighted by molar-refractivity contribution is -0.604. The molecule has 0 bridgehead atoms. The summed E-state index contributed by atoms with van der Waals surface area (Å²) in [6, 6.07) is 0. The van der Waals surface area contributed by atoms with Crippen LogP contribution in [0.25, 0.3) is 0 Å². The summed E-state index contributed by atoms with van der Waals surface area (Å²) >= 11 is 5.45. The molecule has 0 saturated heterocycles. The van der Waals surface area contributed by atoms with Crippen LogP contribution in [0.2, 0.25) is 5.15 Å². The maximum absolute atomic E-state index is 11.0. The molecule has 6 heteroatoms. The molecule has 1 N–H and O–H groups in total. The predicted octanol–water partition coefficient (Wildman–Crippen LogP) is 0.632. The maximum Gasteiger partial charge on any atom is 0.306 e. The molecule has 1 unspecified atom stereocenters. The topological polar surface area (TPSA) is 77.1 Å². The molecule has 5 nitrogen and oxygen atoms in total. The highest BCUT2D eigenvalue weighted by Crippen LogP contribution is 2.06. The van der Waals surface area contributed by atoms with Gasteiger partial charge in [0, 0.05) is 6.42 Å². The van der Waals surface area contributed by atoms with Crippen LogP contribution < -0.4 is 4.73 Å². The summed E-state index contributed by atoms with van der Waals surface area (Å²) in [6.07, 6.45) is 2.61. The van der Waals surface area contributed by atoms with Crippen molar-refractivity contribution in [2.24, 2.45) is 5.92 Å². The Morgan fingerprint density at radius 2 is 2.50 bits per heavy atom. The fourth-order valence-corrected chi connectivity index (χ4v) is 1.03. The summed E-state index contributed by atoms with van der Waals surface area (Å²) in [7, 11) is 0. The summed E-state index contributed by atoms with van der Waals surface area (Å²) in [5, 5.41) is 19.6. The van der Waals surface area contributed by atoms with Crippen LogP contribution in [0.5, 0.6) is 0 Å². The van der Waals surface area contributed by atoms with Gasteiger partial charge >= 0.3 is 11.1 Å². The van der Waals surface area contributed by atoms with Crippen molar-refractivity contribution in [3.05, 3.63) is 28.4 Å². The van der Waals surface area contributed by atoms with Crippen molar-refractivity contribution in [2.45, 2.75) is 13.3 Å². The van der Waals surface area contributed by atoms with Gasteiger partial charge < -0.3 is 10.3 Å². The van der Waals surface area contributed by atoms with Gasteiger partial charge in [-0.3, -0.25) is 4.79 Å². The van der Waals surface area contributed by atoms with E-state index in [0.717, 1.165) is 0 Å². The zero-order valence-corrected chi connectivity index (χ0v) is 8.23. The van der Waals surface area contributed by atoms with E-state index < -0.39 is 11.9 Å². The second-order valence-electron chi connectivity index (χ2n) is 2.97. The molecule has 0 aromatic carbocycles. The van der Waals surface area contributed by atoms with Gasteiger partial charge in [0.15, 0.2) is 0 Å². The highest BCUT2D eigenvalue weighted by Gasteiger charge is 2.14. The molecule has 1 aromatic heterocycles. The zero-order chi connectivity index (χ0) is 10.7. The molecule has 0 spiro atoms. The van der Waals surface area contributed by atoms with Crippen LogP contribution in [0.4, 0.5) is 0 Å². The average molecular weight is 217 g/mol. The molecular weight excluding hydrogens is 208 g/mol. The molecular formula is C8H9ClN2O3. The van der Waals surface area contributed by atoms with Gasteiger partial charge in [-0.15, -0.1) is 0 Å². The Kier molecular flexibility index (Phi) is 3.24. The second kappa shape index (κ2) is 4.23. The van der Waals surface area contributed by atoms with Gasteiger partial charge in [0.25, 0.3) is 0 Å². The van der Waals surface area contributed by atoms with E-state index >= 15 is 0 Å². The van der Waals surface area contributed by atoms with Gasteiger partial charge in [-0.1, -0.05) is 6.92 Å². The molecule has 0 aliphatic rings. The van der Waals surface area contributed by atoms with Crippen molar-refractivity contribution < 1.29 is 14.6 Å². The molecule has 0 aliphatic carbocycles. The number of rotatable bonds is 3. The SMILES string of the molecule is CC(Cc1c[n+]([O-])c(Cl)cn1)C(=O)O. The van der Waals surface area contributed by atoms with Crippen LogP contribution in [-0.4, -0.2) is 16.1 Å². The molecule has 1 rings (SSSR count). The Morgan fingerprint density at radius 1 is 1.86 bits per heavy atom. The summed E-state index contributed by atoms with van der Waals surface area (Å²) in [6.45, 7) is 1.55. The van der Waals surface area contributed by atoms with Crippen LogP contribution in [0.1, 0.15) is 12.6 Å². The molecule has 0 radical (unpaired) electrons. The number of aliphatic carboxylic acids is 1. The number of hydrogen-bond acceptors (Lipinski definition) is 3. The van der Waals surface area contributed by atoms with E-state index in [4.69, 9.17) is 16.7 Å². The van der Waals surface area contributed by atoms with Crippen molar-refractivity contribution in [3.8, 4) is 0 Å². The highest BCUT2D eigenvalue weighted by atomic mass is 35.5. The Morgan fingerprint density at radius 3 is 3.00 bits per heavy atom. The van der Waals surface area contributed by atoms with Gasteiger partial charge in [-0.25, -0.2) is 4.98 Å². The molecule has 0 saturated carbocycles. The molecule has 1 aromatic rings. The Hall–Kier alpha value is -1.36. The minimum absolute atomic E-state index is 0.0308. The normalized spacial score (nSPS) is 12.4. The monoisotopic (exact) mass is 216 g/mol. The van der Waals surface area contributed by atoms with Crippen molar-refractivity contribution in [3.63, 3.8) is 0 Å². The minimum atomic E-state index is -0.917. The summed E-state index contributed by atoms with van der Waals surface area (Å²) in [4.78, 5) is 14.4. The lowest BCUT2D eigenvalue weighted by atomic mass is 10.1. The van der Waals surface area contributed by atoms with Crippen LogP contribution in [0.3, 0.4) is 0 Å². The first kappa shape index (κ1) is 10.7. The standard InChI is InChI=1S/C8H9ClN2O3/c1-5(8(12)13)2-6-4-11(14)7(9)3-10-6/h3-5H,2H2,1H3,(H,12,13). The fourth-order valence-electron chi connectivity index (χ4n) is 0.930. The highest BCUT2D eigenvalue weighted by molar-refractivity contribution is 6.28. The van der Waals surface area contributed by atoms with E-state index in [2.05, 4.69) is 4.98 Å². The van der Waals surface area contributed by atoms with E-state index in [1.165, 1.54) is 12.4 Å². The van der Waals surface area contributed by atoms with Gasteiger partial charge in [-0.2, -0.15) is 4.73 Å². The lowest BCUT2D eigenvalue weighted by Crippen LogP contribution is -2.29. The van der Waals surface area contributed by atoms with Crippen molar-refractivity contribution in [2.75, 3.05) is 0 Å². The van der Waals surface area contributed by atoms with Crippen LogP contribution in [0.15, 0.2) is 12.4 Å². The Labute approximate surface area is 85.5 Å².